The average Bonchev–Trinajstić information content (AvgIpc) is 2.99. The van der Waals surface area contributed by atoms with Crippen LogP contribution in [0.3, 0.4) is 0 Å². The molecule has 2 aliphatic rings. The largest absolute Gasteiger partial charge is 0.414 e. The summed E-state index contributed by atoms with van der Waals surface area (Å²) in [5, 5.41) is 3.53. The molecular weight excluding hydrogens is 454 g/mol. The lowest BCUT2D eigenvalue weighted by Gasteiger charge is -2.26. The maximum absolute atomic E-state index is 13.6. The minimum atomic E-state index is -4.89. The number of carbonyl (C=O) groups is 2. The fraction of sp³-hybridized carbons (Fsp3) is 0.333. The van der Waals surface area contributed by atoms with E-state index in [9.17, 15) is 35.9 Å². The van der Waals surface area contributed by atoms with E-state index in [0.717, 1.165) is 12.3 Å². The van der Waals surface area contributed by atoms with E-state index >= 15 is 0 Å². The molecule has 2 amide bonds. The van der Waals surface area contributed by atoms with Crippen molar-refractivity contribution in [2.75, 3.05) is 6.54 Å². The van der Waals surface area contributed by atoms with Gasteiger partial charge >= 0.3 is 12.4 Å². The Kier molecular flexibility index (Phi) is 7.04. The Labute approximate surface area is 184 Å². The lowest BCUT2D eigenvalue weighted by molar-refractivity contribution is -0.163. The van der Waals surface area contributed by atoms with Crippen LogP contribution in [0.25, 0.3) is 0 Å². The van der Waals surface area contributed by atoms with E-state index in [1.54, 1.807) is 23.5 Å². The van der Waals surface area contributed by atoms with Gasteiger partial charge in [-0.3, -0.25) is 14.6 Å². The summed E-state index contributed by atoms with van der Waals surface area (Å²) in [6.07, 6.45) is -1.76. The maximum atomic E-state index is 13.6. The molecule has 6 nitrogen and oxygen atoms in total. The molecule has 1 aliphatic carbocycles. The zero-order valence-electron chi connectivity index (χ0n) is 16.9. The molecule has 33 heavy (non-hydrogen) atoms. The predicted octanol–water partition coefficient (Wildman–Crippen LogP) is 3.71. The van der Waals surface area contributed by atoms with Crippen LogP contribution in [-0.4, -0.2) is 41.4 Å². The molecule has 0 aromatic carbocycles. The molecule has 3 rings (SSSR count). The predicted molar refractivity (Wildman–Crippen MR) is 106 cm³/mol. The van der Waals surface area contributed by atoms with Crippen LogP contribution in [0.4, 0.5) is 26.3 Å². The summed E-state index contributed by atoms with van der Waals surface area (Å²) in [4.78, 5) is 32.7. The van der Waals surface area contributed by atoms with Gasteiger partial charge in [0.2, 0.25) is 0 Å². The minimum Gasteiger partial charge on any atom is -0.342 e. The number of aliphatic imine (C=N–C) groups is 1. The van der Waals surface area contributed by atoms with Crippen LogP contribution in [0, 0.1) is 5.92 Å². The summed E-state index contributed by atoms with van der Waals surface area (Å²) in [5.41, 5.74) is -1.01. The van der Waals surface area contributed by atoms with Crippen LogP contribution >= 0.6 is 0 Å². The van der Waals surface area contributed by atoms with Crippen LogP contribution in [-0.2, 0) is 9.59 Å². The highest BCUT2D eigenvalue weighted by molar-refractivity contribution is 6.39. The molecule has 1 aliphatic heterocycles. The van der Waals surface area contributed by atoms with Crippen molar-refractivity contribution in [2.45, 2.75) is 31.2 Å². The van der Waals surface area contributed by atoms with Crippen LogP contribution in [0.5, 0.6) is 0 Å². The lowest BCUT2D eigenvalue weighted by Crippen LogP contribution is -2.42. The van der Waals surface area contributed by atoms with Gasteiger partial charge in [-0.05, 0) is 30.0 Å². The first-order valence-corrected chi connectivity index (χ1v) is 9.74. The first-order chi connectivity index (χ1) is 15.5. The van der Waals surface area contributed by atoms with E-state index in [4.69, 9.17) is 0 Å². The number of halogens is 6. The third-order valence-electron chi connectivity index (χ3n) is 4.86. The Hall–Kier alpha value is -3.44. The van der Waals surface area contributed by atoms with Crippen molar-refractivity contribution < 1.29 is 35.9 Å². The molecule has 12 heteroatoms. The fourth-order valence-corrected chi connectivity index (χ4v) is 3.37. The highest BCUT2D eigenvalue weighted by atomic mass is 19.4. The fourth-order valence-electron chi connectivity index (χ4n) is 3.37. The number of amides is 2. The standard InChI is InChI=1S/C21H18F6N4O2/c22-20(23,24)11-29-18(32)15-10-12-6-2-1-3-7-13(12)16(30-15)19(33)31-17(21(25,26)27)14-8-4-5-9-28-14/h1-5,7-9,12,17H,6,10-11H2,(H,29,32)(H,31,33). The molecule has 0 saturated carbocycles. The van der Waals surface area contributed by atoms with Crippen LogP contribution in [0.15, 0.2) is 65.0 Å². The van der Waals surface area contributed by atoms with Gasteiger partial charge in [-0.2, -0.15) is 26.3 Å². The van der Waals surface area contributed by atoms with E-state index in [-0.39, 0.29) is 17.7 Å². The molecule has 2 unspecified atom stereocenters. The zero-order chi connectivity index (χ0) is 24.2. The molecule has 0 bridgehead atoms. The number of nitrogens with zero attached hydrogens (tertiary/aromatic N) is 2. The number of rotatable bonds is 5. The number of fused-ring (bicyclic) bond motifs is 1. The van der Waals surface area contributed by atoms with Crippen LogP contribution in [0.1, 0.15) is 24.6 Å². The number of alkyl halides is 6. The second-order valence-electron chi connectivity index (χ2n) is 7.29. The summed E-state index contributed by atoms with van der Waals surface area (Å²) >= 11 is 0. The number of hydrogen-bond donors (Lipinski definition) is 2. The second-order valence-corrected chi connectivity index (χ2v) is 7.29. The van der Waals surface area contributed by atoms with Crippen molar-refractivity contribution in [1.29, 1.82) is 0 Å². The van der Waals surface area contributed by atoms with Gasteiger partial charge in [0.1, 0.15) is 18.0 Å². The number of aromatic nitrogens is 1. The van der Waals surface area contributed by atoms with Gasteiger partial charge in [-0.1, -0.05) is 30.4 Å². The maximum Gasteiger partial charge on any atom is 0.414 e. The van der Waals surface area contributed by atoms with Gasteiger partial charge in [0.15, 0.2) is 6.04 Å². The molecule has 1 aromatic rings. The lowest BCUT2D eigenvalue weighted by atomic mass is 9.86. The van der Waals surface area contributed by atoms with Gasteiger partial charge < -0.3 is 10.6 Å². The Morgan fingerprint density at radius 3 is 2.48 bits per heavy atom. The van der Waals surface area contributed by atoms with Crippen molar-refractivity contribution >= 4 is 17.5 Å². The molecule has 0 radical (unpaired) electrons. The first-order valence-electron chi connectivity index (χ1n) is 9.74. The Balaban J connectivity index is 1.94. The SMILES string of the molecule is O=C(NCC(F)(F)F)C1=NC(C(=O)NC(c2ccccn2)C(F)(F)F)=C2C=CC=CCC2C1. The van der Waals surface area contributed by atoms with E-state index in [0.29, 0.717) is 6.42 Å². The molecule has 2 atom stereocenters. The van der Waals surface area contributed by atoms with Crippen molar-refractivity contribution in [3.8, 4) is 0 Å². The normalized spacial score (nSPS) is 19.3. The molecule has 176 valence electrons. The van der Waals surface area contributed by atoms with Gasteiger partial charge in [0.25, 0.3) is 11.8 Å². The monoisotopic (exact) mass is 472 g/mol. The van der Waals surface area contributed by atoms with Gasteiger partial charge in [0.05, 0.1) is 5.69 Å². The minimum absolute atomic E-state index is 0.0760. The number of carbonyl (C=O) groups excluding carboxylic acids is 2. The summed E-state index contributed by atoms with van der Waals surface area (Å²) in [6, 6.07) is 1.38. The smallest absolute Gasteiger partial charge is 0.342 e. The molecule has 1 aromatic heterocycles. The summed E-state index contributed by atoms with van der Waals surface area (Å²) in [6.45, 7) is -1.61. The third-order valence-corrected chi connectivity index (χ3v) is 4.86. The number of pyridine rings is 1. The number of allylic oxidation sites excluding steroid dienone is 5. The van der Waals surface area contributed by atoms with Crippen molar-refractivity contribution in [3.63, 3.8) is 0 Å². The van der Waals surface area contributed by atoms with Crippen molar-refractivity contribution in [2.24, 2.45) is 10.9 Å². The summed E-state index contributed by atoms with van der Waals surface area (Å²) in [5.74, 6) is -2.90. The van der Waals surface area contributed by atoms with Crippen LogP contribution in [0.2, 0.25) is 0 Å². The molecule has 0 fully saturated rings. The van der Waals surface area contributed by atoms with Gasteiger partial charge in [0, 0.05) is 12.6 Å². The highest BCUT2D eigenvalue weighted by Gasteiger charge is 2.44. The van der Waals surface area contributed by atoms with E-state index in [1.807, 2.05) is 5.32 Å². The van der Waals surface area contributed by atoms with Gasteiger partial charge in [-0.15, -0.1) is 0 Å². The van der Waals surface area contributed by atoms with E-state index in [2.05, 4.69) is 9.98 Å². The van der Waals surface area contributed by atoms with Crippen LogP contribution < -0.4 is 10.6 Å². The first kappa shape index (κ1) is 24.2. The second kappa shape index (κ2) is 9.59. The molecule has 2 heterocycles. The summed E-state index contributed by atoms with van der Waals surface area (Å²) < 4.78 is 78.3. The zero-order valence-corrected chi connectivity index (χ0v) is 16.9. The topological polar surface area (TPSA) is 83.5 Å². The quantitative estimate of drug-likeness (QED) is 0.641. The Morgan fingerprint density at radius 2 is 1.85 bits per heavy atom. The van der Waals surface area contributed by atoms with E-state index in [1.165, 1.54) is 18.2 Å². The molecule has 0 saturated heterocycles. The summed E-state index contributed by atoms with van der Waals surface area (Å²) in [7, 11) is 0. The van der Waals surface area contributed by atoms with Gasteiger partial charge in [-0.25, -0.2) is 4.99 Å². The molecular formula is C21H18F6N4O2. The Morgan fingerprint density at radius 1 is 1.09 bits per heavy atom. The number of nitrogens with one attached hydrogen (secondary N) is 2. The highest BCUT2D eigenvalue weighted by Crippen LogP contribution is 2.35. The molecule has 2 N–H and O–H groups in total. The average molecular weight is 472 g/mol. The number of hydrogen-bond acceptors (Lipinski definition) is 4. The molecule has 0 spiro atoms. The Bertz CT molecular complexity index is 1030. The third kappa shape index (κ3) is 6.30. The van der Waals surface area contributed by atoms with Crippen molar-refractivity contribution in [3.05, 3.63) is 65.7 Å². The van der Waals surface area contributed by atoms with E-state index < -0.39 is 54.1 Å². The van der Waals surface area contributed by atoms with Crippen molar-refractivity contribution in [1.82, 2.24) is 15.6 Å².